The number of aryl methyl sites for hydroxylation is 1. The number of nitrogens with zero attached hydrogens (tertiary/aromatic N) is 2. The first-order chi connectivity index (χ1) is 14.0. The number of piperidine rings is 1. The highest BCUT2D eigenvalue weighted by Crippen LogP contribution is 2.26. The number of hydrogen-bond acceptors (Lipinski definition) is 5. The van der Waals surface area contributed by atoms with Gasteiger partial charge in [0.25, 0.3) is 15.9 Å². The Hall–Kier alpha value is -2.87. The molecule has 2 aromatic carbocycles. The van der Waals surface area contributed by atoms with Gasteiger partial charge >= 0.3 is 0 Å². The number of carbonyl (C=O) groups is 1. The van der Waals surface area contributed by atoms with Gasteiger partial charge in [-0.3, -0.25) is 9.52 Å². The number of aromatic nitrogens is 1. The molecule has 1 aliphatic rings. The van der Waals surface area contributed by atoms with E-state index in [1.165, 1.54) is 18.2 Å². The molecular weight excluding hydrogens is 390 g/mol. The maximum Gasteiger partial charge on any atom is 0.276 e. The first-order valence-electron chi connectivity index (χ1n) is 9.79. The Labute approximate surface area is 169 Å². The van der Waals surface area contributed by atoms with Crippen LogP contribution in [0.1, 0.15) is 42.2 Å². The van der Waals surface area contributed by atoms with E-state index in [-0.39, 0.29) is 16.5 Å². The topological polar surface area (TPSA) is 92.5 Å². The number of benzene rings is 2. The summed E-state index contributed by atoms with van der Waals surface area (Å²) in [6.07, 6.45) is 3.73. The Morgan fingerprint density at radius 3 is 2.66 bits per heavy atom. The monoisotopic (exact) mass is 413 g/mol. The van der Waals surface area contributed by atoms with Gasteiger partial charge in [-0.05, 0) is 55.5 Å². The SMILES string of the molecule is CCc1ccccc1NS(=O)(=O)c1ccc2onc(C(=O)N3CCCCC3)c2c1. The Morgan fingerprint density at radius 2 is 1.90 bits per heavy atom. The average Bonchev–Trinajstić information content (AvgIpc) is 3.17. The van der Waals surface area contributed by atoms with E-state index in [9.17, 15) is 13.2 Å². The van der Waals surface area contributed by atoms with E-state index in [2.05, 4.69) is 9.88 Å². The molecular formula is C21H23N3O4S. The molecule has 1 fully saturated rings. The highest BCUT2D eigenvalue weighted by atomic mass is 32.2. The summed E-state index contributed by atoms with van der Waals surface area (Å²) in [6.45, 7) is 3.33. The molecule has 1 aromatic heterocycles. The summed E-state index contributed by atoms with van der Waals surface area (Å²) in [6, 6.07) is 11.7. The summed E-state index contributed by atoms with van der Waals surface area (Å²) in [5.74, 6) is -0.220. The average molecular weight is 413 g/mol. The van der Waals surface area contributed by atoms with Gasteiger partial charge in [0.1, 0.15) is 0 Å². The zero-order chi connectivity index (χ0) is 20.4. The minimum atomic E-state index is -3.83. The van der Waals surface area contributed by atoms with E-state index in [0.717, 1.165) is 24.8 Å². The van der Waals surface area contributed by atoms with Crippen LogP contribution in [0.5, 0.6) is 0 Å². The fraction of sp³-hybridized carbons (Fsp3) is 0.333. The predicted molar refractivity (Wildman–Crippen MR) is 110 cm³/mol. The van der Waals surface area contributed by atoms with E-state index in [1.54, 1.807) is 17.0 Å². The van der Waals surface area contributed by atoms with Crippen molar-refractivity contribution in [2.45, 2.75) is 37.5 Å². The molecule has 152 valence electrons. The standard InChI is InChI=1S/C21H23N3O4S/c1-2-15-8-4-5-9-18(15)23-29(26,27)16-10-11-19-17(14-16)20(22-28-19)21(25)24-12-6-3-7-13-24/h4-5,8-11,14,23H,2-3,6-7,12-13H2,1H3. The maximum absolute atomic E-state index is 13.0. The molecule has 0 radical (unpaired) electrons. The van der Waals surface area contributed by atoms with Gasteiger partial charge in [-0.15, -0.1) is 0 Å². The second-order valence-corrected chi connectivity index (χ2v) is 8.84. The van der Waals surface area contributed by atoms with Crippen LogP contribution in [0, 0.1) is 0 Å². The number of rotatable bonds is 5. The van der Waals surface area contributed by atoms with Crippen molar-refractivity contribution in [1.82, 2.24) is 10.1 Å². The van der Waals surface area contributed by atoms with Crippen molar-refractivity contribution in [3.8, 4) is 0 Å². The Morgan fingerprint density at radius 1 is 1.14 bits per heavy atom. The van der Waals surface area contributed by atoms with Crippen LogP contribution in [0.4, 0.5) is 5.69 Å². The molecule has 0 spiro atoms. The molecule has 1 saturated heterocycles. The van der Waals surface area contributed by atoms with E-state index in [0.29, 0.717) is 36.2 Å². The molecule has 4 rings (SSSR count). The number of nitrogens with one attached hydrogen (secondary N) is 1. The lowest BCUT2D eigenvalue weighted by Crippen LogP contribution is -2.35. The van der Waals surface area contributed by atoms with Gasteiger partial charge in [0.2, 0.25) is 0 Å². The zero-order valence-electron chi connectivity index (χ0n) is 16.2. The largest absolute Gasteiger partial charge is 0.355 e. The minimum absolute atomic E-state index is 0.0619. The van der Waals surface area contributed by atoms with E-state index < -0.39 is 10.0 Å². The van der Waals surface area contributed by atoms with Gasteiger partial charge in [-0.2, -0.15) is 0 Å². The molecule has 1 N–H and O–H groups in total. The fourth-order valence-electron chi connectivity index (χ4n) is 3.62. The lowest BCUT2D eigenvalue weighted by atomic mass is 10.1. The Balaban J connectivity index is 1.68. The lowest BCUT2D eigenvalue weighted by molar-refractivity contribution is 0.0716. The summed E-state index contributed by atoms with van der Waals surface area (Å²) in [4.78, 5) is 14.7. The van der Waals surface area contributed by atoms with Crippen LogP contribution in [0.3, 0.4) is 0 Å². The molecule has 2 heterocycles. The number of fused-ring (bicyclic) bond motifs is 1. The quantitative estimate of drug-likeness (QED) is 0.686. The number of amides is 1. The number of hydrogen-bond donors (Lipinski definition) is 1. The van der Waals surface area contributed by atoms with Crippen LogP contribution in [-0.2, 0) is 16.4 Å². The van der Waals surface area contributed by atoms with Gasteiger partial charge < -0.3 is 9.42 Å². The smallest absolute Gasteiger partial charge is 0.276 e. The van der Waals surface area contributed by atoms with Crippen molar-refractivity contribution < 1.29 is 17.7 Å². The third-order valence-electron chi connectivity index (χ3n) is 5.24. The molecule has 1 aliphatic heterocycles. The summed E-state index contributed by atoms with van der Waals surface area (Å²) in [7, 11) is -3.83. The van der Waals surface area contributed by atoms with Crippen LogP contribution < -0.4 is 4.72 Å². The van der Waals surface area contributed by atoms with Crippen molar-refractivity contribution in [3.05, 3.63) is 53.7 Å². The minimum Gasteiger partial charge on any atom is -0.355 e. The molecule has 0 unspecified atom stereocenters. The van der Waals surface area contributed by atoms with Gasteiger partial charge in [-0.1, -0.05) is 30.3 Å². The molecule has 0 atom stereocenters. The van der Waals surface area contributed by atoms with Gasteiger partial charge in [-0.25, -0.2) is 8.42 Å². The lowest BCUT2D eigenvalue weighted by Gasteiger charge is -2.25. The molecule has 1 amide bonds. The first kappa shape index (κ1) is 19.4. The summed E-state index contributed by atoms with van der Waals surface area (Å²) in [5, 5.41) is 4.33. The summed E-state index contributed by atoms with van der Waals surface area (Å²) < 4.78 is 33.8. The highest BCUT2D eigenvalue weighted by Gasteiger charge is 2.25. The highest BCUT2D eigenvalue weighted by molar-refractivity contribution is 7.92. The van der Waals surface area contributed by atoms with E-state index in [4.69, 9.17) is 4.52 Å². The molecule has 0 aliphatic carbocycles. The molecule has 7 nitrogen and oxygen atoms in total. The van der Waals surface area contributed by atoms with Crippen molar-refractivity contribution in [1.29, 1.82) is 0 Å². The predicted octanol–water partition coefficient (Wildman–Crippen LogP) is 3.82. The number of sulfonamides is 1. The van der Waals surface area contributed by atoms with E-state index in [1.807, 2.05) is 19.1 Å². The number of para-hydroxylation sites is 1. The van der Waals surface area contributed by atoms with Crippen LogP contribution in [-0.4, -0.2) is 37.5 Å². The van der Waals surface area contributed by atoms with Crippen molar-refractivity contribution in [2.24, 2.45) is 0 Å². The van der Waals surface area contributed by atoms with Gasteiger partial charge in [0.15, 0.2) is 11.3 Å². The van der Waals surface area contributed by atoms with Crippen LogP contribution in [0.15, 0.2) is 51.9 Å². The molecule has 3 aromatic rings. The first-order valence-corrected chi connectivity index (χ1v) is 11.3. The fourth-order valence-corrected chi connectivity index (χ4v) is 4.74. The second kappa shape index (κ2) is 7.87. The Kier molecular flexibility index (Phi) is 5.27. The molecule has 8 heteroatoms. The van der Waals surface area contributed by atoms with Crippen LogP contribution in [0.25, 0.3) is 11.0 Å². The van der Waals surface area contributed by atoms with Crippen molar-refractivity contribution in [2.75, 3.05) is 17.8 Å². The third-order valence-corrected chi connectivity index (χ3v) is 6.60. The third kappa shape index (κ3) is 3.85. The molecule has 29 heavy (non-hydrogen) atoms. The van der Waals surface area contributed by atoms with E-state index >= 15 is 0 Å². The van der Waals surface area contributed by atoms with Crippen LogP contribution >= 0.6 is 0 Å². The number of likely N-dealkylation sites (tertiary alicyclic amines) is 1. The molecule has 0 bridgehead atoms. The van der Waals surface area contributed by atoms with Gasteiger partial charge in [0.05, 0.1) is 16.0 Å². The van der Waals surface area contributed by atoms with Gasteiger partial charge in [0, 0.05) is 13.1 Å². The van der Waals surface area contributed by atoms with Crippen molar-refractivity contribution >= 4 is 32.6 Å². The second-order valence-electron chi connectivity index (χ2n) is 7.16. The Bertz CT molecular complexity index is 1150. The number of carbonyl (C=O) groups excluding carboxylic acids is 1. The normalized spacial score (nSPS) is 14.9. The molecule has 0 saturated carbocycles. The number of anilines is 1. The summed E-state index contributed by atoms with van der Waals surface area (Å²) >= 11 is 0. The zero-order valence-corrected chi connectivity index (χ0v) is 17.0. The maximum atomic E-state index is 13.0. The van der Waals surface area contributed by atoms with Crippen molar-refractivity contribution in [3.63, 3.8) is 0 Å². The summed E-state index contributed by atoms with van der Waals surface area (Å²) in [5.41, 5.74) is 2.00. The van der Waals surface area contributed by atoms with Crippen LogP contribution in [0.2, 0.25) is 0 Å².